The van der Waals surface area contributed by atoms with E-state index in [-0.39, 0.29) is 0 Å². The molecule has 0 fully saturated rings. The van der Waals surface area contributed by atoms with Gasteiger partial charge < -0.3 is 9.80 Å². The van der Waals surface area contributed by atoms with E-state index in [2.05, 4.69) is 43.0 Å². The summed E-state index contributed by atoms with van der Waals surface area (Å²) in [5, 5.41) is 0. The fourth-order valence-electron chi connectivity index (χ4n) is 5.83. The van der Waals surface area contributed by atoms with Gasteiger partial charge in [-0.05, 0) is 25.7 Å². The molecule has 0 aliphatic carbocycles. The van der Waals surface area contributed by atoms with E-state index in [1.807, 2.05) is 0 Å². The molecule has 1 aliphatic rings. The van der Waals surface area contributed by atoms with Crippen LogP contribution in [-0.2, 0) is 0 Å². The van der Waals surface area contributed by atoms with Crippen LogP contribution in [0.5, 0.6) is 0 Å². The Kier molecular flexibility index (Phi) is 24.1. The molecule has 2 nitrogen and oxygen atoms in total. The minimum absolute atomic E-state index is 0.642. The van der Waals surface area contributed by atoms with Gasteiger partial charge in [-0.1, -0.05) is 162 Å². The van der Waals surface area contributed by atoms with Crippen molar-refractivity contribution in [3.63, 3.8) is 0 Å². The van der Waals surface area contributed by atoms with Gasteiger partial charge in [0.05, 0.1) is 0 Å². The van der Waals surface area contributed by atoms with Gasteiger partial charge in [0.2, 0.25) is 0 Å². The third-order valence-corrected chi connectivity index (χ3v) is 8.32. The van der Waals surface area contributed by atoms with Crippen LogP contribution in [-0.4, -0.2) is 29.1 Å². The first-order valence-electron chi connectivity index (χ1n) is 17.0. The normalized spacial score (nSPS) is 15.5. The Morgan fingerprint density at radius 3 is 0.972 bits per heavy atom. The maximum absolute atomic E-state index is 2.68. The molecule has 1 atom stereocenters. The molecule has 0 saturated carbocycles. The standard InChI is InChI=1S/C34H68N2/c1-4-7-10-12-14-16-17-18-19-20-21-23-25-28-31-36-33-32-35(34(36)29-26-9-6-3)30-27-24-22-15-13-11-8-5-2/h32-34H,4-31H2,1-3H3. The fraction of sp³-hybridized carbons (Fsp3) is 0.941. The maximum Gasteiger partial charge on any atom is 0.101 e. The molecule has 0 amide bonds. The van der Waals surface area contributed by atoms with Crippen LogP contribution < -0.4 is 0 Å². The summed E-state index contributed by atoms with van der Waals surface area (Å²) in [6.45, 7) is 9.47. The van der Waals surface area contributed by atoms with E-state index in [0.717, 1.165) is 0 Å². The summed E-state index contributed by atoms with van der Waals surface area (Å²) in [7, 11) is 0. The van der Waals surface area contributed by atoms with Crippen molar-refractivity contribution in [3.05, 3.63) is 12.4 Å². The van der Waals surface area contributed by atoms with Crippen LogP contribution in [0.2, 0.25) is 0 Å². The van der Waals surface area contributed by atoms with Gasteiger partial charge in [-0.25, -0.2) is 0 Å². The van der Waals surface area contributed by atoms with Crippen LogP contribution in [0.15, 0.2) is 12.4 Å². The second kappa shape index (κ2) is 26.0. The molecule has 1 unspecified atom stereocenters. The third-order valence-electron chi connectivity index (χ3n) is 8.32. The summed E-state index contributed by atoms with van der Waals surface area (Å²) >= 11 is 0. The van der Waals surface area contributed by atoms with Crippen LogP contribution in [0.4, 0.5) is 0 Å². The first-order valence-corrected chi connectivity index (χ1v) is 17.0. The van der Waals surface area contributed by atoms with E-state index >= 15 is 0 Å². The highest BCUT2D eigenvalue weighted by atomic mass is 15.4. The SMILES string of the molecule is CCCCCCCCCCCCCCCCN1C=CN(CCCCCCCCCC)C1CCCCC. The molecule has 0 bridgehead atoms. The first-order chi connectivity index (χ1) is 17.8. The van der Waals surface area contributed by atoms with Crippen LogP contribution in [0.3, 0.4) is 0 Å². The van der Waals surface area contributed by atoms with Crippen molar-refractivity contribution >= 4 is 0 Å². The molecule has 1 aliphatic heterocycles. The summed E-state index contributed by atoms with van der Waals surface area (Å²) in [6.07, 6.45) is 42.5. The summed E-state index contributed by atoms with van der Waals surface area (Å²) in [5.41, 5.74) is 0. The van der Waals surface area contributed by atoms with Crippen molar-refractivity contribution in [2.24, 2.45) is 0 Å². The lowest BCUT2D eigenvalue weighted by atomic mass is 10.0. The second-order valence-corrected chi connectivity index (χ2v) is 11.8. The molecule has 0 aromatic rings. The predicted molar refractivity (Wildman–Crippen MR) is 163 cm³/mol. The van der Waals surface area contributed by atoms with Gasteiger partial charge in [0.15, 0.2) is 0 Å². The van der Waals surface area contributed by atoms with E-state index < -0.39 is 0 Å². The molecule has 0 spiro atoms. The van der Waals surface area contributed by atoms with Crippen LogP contribution >= 0.6 is 0 Å². The first kappa shape index (κ1) is 33.4. The smallest absolute Gasteiger partial charge is 0.101 e. The number of rotatable bonds is 28. The van der Waals surface area contributed by atoms with Crippen molar-refractivity contribution in [2.45, 2.75) is 194 Å². The Balaban J connectivity index is 2.08. The molecule has 214 valence electrons. The second-order valence-electron chi connectivity index (χ2n) is 11.8. The molecule has 1 rings (SSSR count). The van der Waals surface area contributed by atoms with Crippen molar-refractivity contribution in [1.82, 2.24) is 9.80 Å². The molecule has 0 N–H and O–H groups in total. The minimum Gasteiger partial charge on any atom is -0.356 e. The Bertz CT molecular complexity index is 460. The van der Waals surface area contributed by atoms with Gasteiger partial charge >= 0.3 is 0 Å². The average molecular weight is 505 g/mol. The van der Waals surface area contributed by atoms with E-state index in [0.29, 0.717) is 6.17 Å². The zero-order valence-corrected chi connectivity index (χ0v) is 25.4. The summed E-state index contributed by atoms with van der Waals surface area (Å²) in [5.74, 6) is 0. The number of hydrogen-bond acceptors (Lipinski definition) is 2. The van der Waals surface area contributed by atoms with Crippen molar-refractivity contribution < 1.29 is 0 Å². The number of unbranched alkanes of at least 4 members (excludes halogenated alkanes) is 22. The lowest BCUT2D eigenvalue weighted by Crippen LogP contribution is -2.39. The highest BCUT2D eigenvalue weighted by molar-refractivity contribution is 4.97. The molecule has 36 heavy (non-hydrogen) atoms. The van der Waals surface area contributed by atoms with Gasteiger partial charge in [0.1, 0.15) is 6.17 Å². The Morgan fingerprint density at radius 1 is 0.361 bits per heavy atom. The quantitative estimate of drug-likeness (QED) is 0.0977. The van der Waals surface area contributed by atoms with Crippen LogP contribution in [0.1, 0.15) is 188 Å². The molecule has 1 heterocycles. The molecule has 2 heteroatoms. The number of hydrogen-bond donors (Lipinski definition) is 0. The Labute approximate surface area is 229 Å². The van der Waals surface area contributed by atoms with Crippen molar-refractivity contribution in [1.29, 1.82) is 0 Å². The van der Waals surface area contributed by atoms with Crippen LogP contribution in [0.25, 0.3) is 0 Å². The van der Waals surface area contributed by atoms with Gasteiger partial charge in [0.25, 0.3) is 0 Å². The summed E-state index contributed by atoms with van der Waals surface area (Å²) in [4.78, 5) is 5.36. The highest BCUT2D eigenvalue weighted by Gasteiger charge is 2.24. The Morgan fingerprint density at radius 2 is 0.639 bits per heavy atom. The summed E-state index contributed by atoms with van der Waals surface area (Å²) in [6, 6.07) is 0. The largest absolute Gasteiger partial charge is 0.356 e. The molecule has 0 aromatic carbocycles. The average Bonchev–Trinajstić information content (AvgIpc) is 3.27. The van der Waals surface area contributed by atoms with E-state index in [1.54, 1.807) is 0 Å². The zero-order valence-electron chi connectivity index (χ0n) is 25.4. The van der Waals surface area contributed by atoms with Gasteiger partial charge in [-0.2, -0.15) is 0 Å². The predicted octanol–water partition coefficient (Wildman–Crippen LogP) is 11.6. The summed E-state index contributed by atoms with van der Waals surface area (Å²) < 4.78 is 0. The van der Waals surface area contributed by atoms with Crippen molar-refractivity contribution in [3.8, 4) is 0 Å². The third kappa shape index (κ3) is 18.6. The maximum atomic E-state index is 2.68. The monoisotopic (exact) mass is 505 g/mol. The van der Waals surface area contributed by atoms with E-state index in [9.17, 15) is 0 Å². The molecule has 0 saturated heterocycles. The fourth-order valence-corrected chi connectivity index (χ4v) is 5.83. The van der Waals surface area contributed by atoms with Gasteiger partial charge in [-0.15, -0.1) is 0 Å². The Hall–Kier alpha value is -0.660. The molecular formula is C34H68N2. The topological polar surface area (TPSA) is 6.48 Å². The minimum atomic E-state index is 0.642. The van der Waals surface area contributed by atoms with Gasteiger partial charge in [-0.3, -0.25) is 0 Å². The molecule has 0 radical (unpaired) electrons. The lowest BCUT2D eigenvalue weighted by Gasteiger charge is -2.33. The highest BCUT2D eigenvalue weighted by Crippen LogP contribution is 2.23. The van der Waals surface area contributed by atoms with E-state index in [1.165, 1.54) is 180 Å². The zero-order chi connectivity index (χ0) is 25.9. The molecular weight excluding hydrogens is 436 g/mol. The van der Waals surface area contributed by atoms with E-state index in [4.69, 9.17) is 0 Å². The van der Waals surface area contributed by atoms with Crippen molar-refractivity contribution in [2.75, 3.05) is 13.1 Å². The van der Waals surface area contributed by atoms with Gasteiger partial charge in [0, 0.05) is 25.5 Å². The van der Waals surface area contributed by atoms with Crippen LogP contribution in [0, 0.1) is 0 Å². The molecule has 0 aromatic heterocycles. The number of nitrogens with zero attached hydrogens (tertiary/aromatic N) is 2. The lowest BCUT2D eigenvalue weighted by molar-refractivity contribution is 0.135.